The lowest BCUT2D eigenvalue weighted by molar-refractivity contribution is -0.137. The zero-order valence-electron chi connectivity index (χ0n) is 8.75. The molecular weight excluding hydrogens is 212 g/mol. The standard InChI is InChI=1S/C10H14N2O2S/c1-7(2)9(10(13)14)15-6-8-5-11-3-4-12-8/h3-5,7,9H,6H2,1-2H3,(H,13,14). The molecule has 0 radical (unpaired) electrons. The molecule has 0 amide bonds. The second-order valence-corrected chi connectivity index (χ2v) is 4.64. The van der Waals surface area contributed by atoms with E-state index in [1.807, 2.05) is 13.8 Å². The van der Waals surface area contributed by atoms with Crippen LogP contribution in [-0.2, 0) is 10.5 Å². The Morgan fingerprint density at radius 2 is 2.27 bits per heavy atom. The van der Waals surface area contributed by atoms with Gasteiger partial charge in [-0.3, -0.25) is 14.8 Å². The molecule has 5 heteroatoms. The molecule has 0 aliphatic carbocycles. The van der Waals surface area contributed by atoms with Crippen LogP contribution in [0.25, 0.3) is 0 Å². The molecular formula is C10H14N2O2S. The van der Waals surface area contributed by atoms with Gasteiger partial charge < -0.3 is 5.11 Å². The number of rotatable bonds is 5. The van der Waals surface area contributed by atoms with Gasteiger partial charge in [-0.2, -0.15) is 0 Å². The largest absolute Gasteiger partial charge is 0.480 e. The van der Waals surface area contributed by atoms with Crippen molar-refractivity contribution >= 4 is 17.7 Å². The fourth-order valence-corrected chi connectivity index (χ4v) is 2.16. The van der Waals surface area contributed by atoms with Crippen molar-refractivity contribution in [1.29, 1.82) is 0 Å². The summed E-state index contributed by atoms with van der Waals surface area (Å²) in [6, 6.07) is 0. The number of carboxylic acids is 1. The van der Waals surface area contributed by atoms with Gasteiger partial charge in [-0.05, 0) is 5.92 Å². The smallest absolute Gasteiger partial charge is 0.316 e. The van der Waals surface area contributed by atoms with Crippen LogP contribution in [0.5, 0.6) is 0 Å². The number of nitrogens with zero attached hydrogens (tertiary/aromatic N) is 2. The summed E-state index contributed by atoms with van der Waals surface area (Å²) in [6.07, 6.45) is 4.87. The Kier molecular flexibility index (Phi) is 4.55. The molecule has 1 unspecified atom stereocenters. The molecule has 0 aliphatic rings. The molecule has 0 saturated heterocycles. The Hall–Kier alpha value is -1.10. The molecule has 82 valence electrons. The van der Waals surface area contributed by atoms with Crippen molar-refractivity contribution < 1.29 is 9.90 Å². The molecule has 0 aliphatic heterocycles. The van der Waals surface area contributed by atoms with Crippen LogP contribution in [0.1, 0.15) is 19.5 Å². The third-order valence-corrected chi connectivity index (χ3v) is 3.44. The summed E-state index contributed by atoms with van der Waals surface area (Å²) < 4.78 is 0. The lowest BCUT2D eigenvalue weighted by atomic mass is 10.1. The lowest BCUT2D eigenvalue weighted by Crippen LogP contribution is -2.22. The maximum Gasteiger partial charge on any atom is 0.316 e. The minimum absolute atomic E-state index is 0.115. The van der Waals surface area contributed by atoms with Gasteiger partial charge in [-0.25, -0.2) is 0 Å². The number of carboxylic acid groups (broad SMARTS) is 1. The first-order valence-electron chi connectivity index (χ1n) is 4.70. The van der Waals surface area contributed by atoms with Crippen molar-refractivity contribution in [2.45, 2.75) is 24.9 Å². The molecule has 0 fully saturated rings. The number of hydrogen-bond acceptors (Lipinski definition) is 4. The van der Waals surface area contributed by atoms with Crippen LogP contribution in [0.2, 0.25) is 0 Å². The number of aliphatic carboxylic acids is 1. The van der Waals surface area contributed by atoms with E-state index in [1.165, 1.54) is 11.8 Å². The highest BCUT2D eigenvalue weighted by Gasteiger charge is 2.21. The third-order valence-electron chi connectivity index (χ3n) is 1.88. The van der Waals surface area contributed by atoms with Gasteiger partial charge in [0.1, 0.15) is 5.25 Å². The molecule has 15 heavy (non-hydrogen) atoms. The predicted octanol–water partition coefficient (Wildman–Crippen LogP) is 1.82. The fraction of sp³-hybridized carbons (Fsp3) is 0.500. The maximum atomic E-state index is 10.9. The van der Waals surface area contributed by atoms with Gasteiger partial charge in [0.25, 0.3) is 0 Å². The normalized spacial score (nSPS) is 12.7. The second-order valence-electron chi connectivity index (χ2n) is 3.51. The number of thioether (sulfide) groups is 1. The minimum atomic E-state index is -0.765. The Morgan fingerprint density at radius 1 is 1.53 bits per heavy atom. The molecule has 0 spiro atoms. The molecule has 1 heterocycles. The molecule has 0 saturated carbocycles. The topological polar surface area (TPSA) is 63.1 Å². The first-order valence-corrected chi connectivity index (χ1v) is 5.75. The lowest BCUT2D eigenvalue weighted by Gasteiger charge is -2.14. The van der Waals surface area contributed by atoms with Gasteiger partial charge in [0.05, 0.1) is 5.69 Å². The zero-order valence-corrected chi connectivity index (χ0v) is 9.57. The molecule has 1 aromatic rings. The highest BCUT2D eigenvalue weighted by Crippen LogP contribution is 2.22. The summed E-state index contributed by atoms with van der Waals surface area (Å²) in [5.41, 5.74) is 0.814. The predicted molar refractivity (Wildman–Crippen MR) is 59.6 cm³/mol. The molecule has 0 aromatic carbocycles. The Balaban J connectivity index is 2.51. The molecule has 1 rings (SSSR count). The van der Waals surface area contributed by atoms with E-state index < -0.39 is 5.97 Å². The van der Waals surface area contributed by atoms with Crippen molar-refractivity contribution in [3.8, 4) is 0 Å². The van der Waals surface area contributed by atoms with E-state index >= 15 is 0 Å². The molecule has 1 atom stereocenters. The van der Waals surface area contributed by atoms with E-state index in [2.05, 4.69) is 9.97 Å². The van der Waals surface area contributed by atoms with Gasteiger partial charge in [-0.1, -0.05) is 13.8 Å². The first kappa shape index (κ1) is 12.0. The number of hydrogen-bond donors (Lipinski definition) is 1. The van der Waals surface area contributed by atoms with Crippen molar-refractivity contribution in [2.24, 2.45) is 5.92 Å². The van der Waals surface area contributed by atoms with Crippen LogP contribution >= 0.6 is 11.8 Å². The zero-order chi connectivity index (χ0) is 11.3. The molecule has 4 nitrogen and oxygen atoms in total. The number of carbonyl (C=O) groups is 1. The average molecular weight is 226 g/mol. The third kappa shape index (κ3) is 3.87. The Morgan fingerprint density at radius 3 is 2.73 bits per heavy atom. The summed E-state index contributed by atoms with van der Waals surface area (Å²) in [6.45, 7) is 3.81. The minimum Gasteiger partial charge on any atom is -0.480 e. The summed E-state index contributed by atoms with van der Waals surface area (Å²) in [4.78, 5) is 18.9. The van der Waals surface area contributed by atoms with Crippen molar-refractivity contribution in [3.05, 3.63) is 24.3 Å². The maximum absolute atomic E-state index is 10.9. The second kappa shape index (κ2) is 5.70. The number of aromatic nitrogens is 2. The van der Waals surface area contributed by atoms with E-state index in [0.29, 0.717) is 5.75 Å². The van der Waals surface area contributed by atoms with Crippen LogP contribution in [0.3, 0.4) is 0 Å². The quantitative estimate of drug-likeness (QED) is 0.829. The highest BCUT2D eigenvalue weighted by atomic mass is 32.2. The van der Waals surface area contributed by atoms with E-state index in [1.54, 1.807) is 18.6 Å². The van der Waals surface area contributed by atoms with E-state index in [0.717, 1.165) is 5.69 Å². The Labute approximate surface area is 93.1 Å². The van der Waals surface area contributed by atoms with Crippen molar-refractivity contribution in [3.63, 3.8) is 0 Å². The van der Waals surface area contributed by atoms with Crippen LogP contribution in [-0.4, -0.2) is 26.3 Å². The van der Waals surface area contributed by atoms with E-state index in [9.17, 15) is 4.79 Å². The van der Waals surface area contributed by atoms with Crippen LogP contribution in [0.4, 0.5) is 0 Å². The molecule has 1 aromatic heterocycles. The van der Waals surface area contributed by atoms with Crippen LogP contribution in [0.15, 0.2) is 18.6 Å². The van der Waals surface area contributed by atoms with Crippen molar-refractivity contribution in [1.82, 2.24) is 9.97 Å². The van der Waals surface area contributed by atoms with E-state index in [-0.39, 0.29) is 11.2 Å². The average Bonchev–Trinajstić information content (AvgIpc) is 2.18. The summed E-state index contributed by atoms with van der Waals surface area (Å²) in [7, 11) is 0. The van der Waals surface area contributed by atoms with Gasteiger partial charge in [0, 0.05) is 24.3 Å². The monoisotopic (exact) mass is 226 g/mol. The van der Waals surface area contributed by atoms with Crippen LogP contribution in [0, 0.1) is 5.92 Å². The van der Waals surface area contributed by atoms with Crippen molar-refractivity contribution in [2.75, 3.05) is 0 Å². The van der Waals surface area contributed by atoms with Crippen LogP contribution < -0.4 is 0 Å². The molecule has 0 bridgehead atoms. The molecule has 1 N–H and O–H groups in total. The SMILES string of the molecule is CC(C)C(SCc1cnccn1)C(=O)O. The van der Waals surface area contributed by atoms with Gasteiger partial charge in [-0.15, -0.1) is 11.8 Å². The van der Waals surface area contributed by atoms with E-state index in [4.69, 9.17) is 5.11 Å². The fourth-order valence-electron chi connectivity index (χ4n) is 1.13. The highest BCUT2D eigenvalue weighted by molar-refractivity contribution is 7.99. The van der Waals surface area contributed by atoms with Gasteiger partial charge in [0.2, 0.25) is 0 Å². The summed E-state index contributed by atoms with van der Waals surface area (Å²) in [5.74, 6) is -0.0636. The van der Waals surface area contributed by atoms with Gasteiger partial charge in [0.15, 0.2) is 0 Å². The Bertz CT molecular complexity index is 316. The van der Waals surface area contributed by atoms with Gasteiger partial charge >= 0.3 is 5.97 Å². The summed E-state index contributed by atoms with van der Waals surface area (Å²) in [5, 5.41) is 8.58. The summed E-state index contributed by atoms with van der Waals surface area (Å²) >= 11 is 1.39. The first-order chi connectivity index (χ1) is 7.11.